The van der Waals surface area contributed by atoms with Gasteiger partial charge in [0.2, 0.25) is 0 Å². The highest BCUT2D eigenvalue weighted by atomic mass is 79.9. The molecular weight excluding hydrogens is 234 g/mol. The largest absolute Gasteiger partial charge is 0.374 e. The molecule has 0 aromatic carbocycles. The SMILES string of the molecule is Brc1cnn(CC2CNCCO2)c1. The van der Waals surface area contributed by atoms with Crippen LogP contribution in [-0.2, 0) is 11.3 Å². The van der Waals surface area contributed by atoms with Gasteiger partial charge in [0.15, 0.2) is 0 Å². The van der Waals surface area contributed by atoms with E-state index in [2.05, 4.69) is 26.3 Å². The molecule has 1 aromatic rings. The summed E-state index contributed by atoms with van der Waals surface area (Å²) in [6.45, 7) is 3.49. The van der Waals surface area contributed by atoms with Crippen LogP contribution in [0.5, 0.6) is 0 Å². The van der Waals surface area contributed by atoms with Gasteiger partial charge in [0.25, 0.3) is 0 Å². The molecule has 0 radical (unpaired) electrons. The average Bonchev–Trinajstić information content (AvgIpc) is 2.53. The standard InChI is InChI=1S/C8H12BrN3O/c9-7-3-11-12(5-7)6-8-4-10-1-2-13-8/h3,5,8,10H,1-2,4,6H2. The minimum atomic E-state index is 0.251. The quantitative estimate of drug-likeness (QED) is 0.832. The summed E-state index contributed by atoms with van der Waals surface area (Å²) < 4.78 is 8.45. The number of nitrogens with one attached hydrogen (secondary N) is 1. The fourth-order valence-corrected chi connectivity index (χ4v) is 1.71. The third-order valence-electron chi connectivity index (χ3n) is 2.00. The molecular formula is C8H12BrN3O. The second-order valence-corrected chi connectivity index (χ2v) is 3.99. The van der Waals surface area contributed by atoms with Gasteiger partial charge in [-0.15, -0.1) is 0 Å². The van der Waals surface area contributed by atoms with E-state index >= 15 is 0 Å². The number of morpholine rings is 1. The van der Waals surface area contributed by atoms with E-state index in [9.17, 15) is 0 Å². The number of nitrogens with zero attached hydrogens (tertiary/aromatic N) is 2. The Bertz CT molecular complexity index is 270. The molecule has 0 amide bonds. The summed E-state index contributed by atoms with van der Waals surface area (Å²) in [5.41, 5.74) is 0. The van der Waals surface area contributed by atoms with E-state index in [1.165, 1.54) is 0 Å². The van der Waals surface area contributed by atoms with Crippen molar-refractivity contribution in [1.82, 2.24) is 15.1 Å². The van der Waals surface area contributed by atoms with Crippen LogP contribution < -0.4 is 5.32 Å². The Kier molecular flexibility index (Phi) is 2.97. The lowest BCUT2D eigenvalue weighted by Crippen LogP contribution is -2.40. The van der Waals surface area contributed by atoms with Crippen LogP contribution >= 0.6 is 15.9 Å². The van der Waals surface area contributed by atoms with Crippen molar-refractivity contribution in [1.29, 1.82) is 0 Å². The molecule has 0 aliphatic carbocycles. The molecule has 0 saturated carbocycles. The number of aromatic nitrogens is 2. The van der Waals surface area contributed by atoms with Gasteiger partial charge >= 0.3 is 0 Å². The van der Waals surface area contributed by atoms with E-state index in [0.717, 1.165) is 30.7 Å². The molecule has 2 heterocycles. The van der Waals surface area contributed by atoms with Crippen molar-refractivity contribution < 1.29 is 4.74 Å². The lowest BCUT2D eigenvalue weighted by atomic mass is 10.3. The molecule has 72 valence electrons. The fraction of sp³-hybridized carbons (Fsp3) is 0.625. The zero-order chi connectivity index (χ0) is 9.10. The maximum Gasteiger partial charge on any atom is 0.0895 e. The van der Waals surface area contributed by atoms with Gasteiger partial charge in [0, 0.05) is 19.3 Å². The van der Waals surface area contributed by atoms with E-state index in [0.29, 0.717) is 0 Å². The summed E-state index contributed by atoms with van der Waals surface area (Å²) >= 11 is 3.36. The first-order valence-corrected chi connectivity index (χ1v) is 5.14. The highest BCUT2D eigenvalue weighted by Gasteiger charge is 2.13. The summed E-state index contributed by atoms with van der Waals surface area (Å²) in [4.78, 5) is 0. The molecule has 1 N–H and O–H groups in total. The number of halogens is 1. The Hall–Kier alpha value is -0.390. The van der Waals surface area contributed by atoms with Crippen molar-refractivity contribution in [2.24, 2.45) is 0 Å². The second kappa shape index (κ2) is 4.21. The molecule has 1 aliphatic heterocycles. The molecule has 1 atom stereocenters. The third-order valence-corrected chi connectivity index (χ3v) is 2.41. The van der Waals surface area contributed by atoms with Crippen LogP contribution in [-0.4, -0.2) is 35.6 Å². The minimum absolute atomic E-state index is 0.251. The summed E-state index contributed by atoms with van der Waals surface area (Å²) in [5.74, 6) is 0. The molecule has 5 heteroatoms. The predicted molar refractivity (Wildman–Crippen MR) is 52.5 cm³/mol. The zero-order valence-corrected chi connectivity index (χ0v) is 8.83. The number of ether oxygens (including phenoxy) is 1. The van der Waals surface area contributed by atoms with E-state index in [-0.39, 0.29) is 6.10 Å². The summed E-state index contributed by atoms with van der Waals surface area (Å²) in [5, 5.41) is 7.46. The van der Waals surface area contributed by atoms with Crippen LogP contribution in [0.25, 0.3) is 0 Å². The smallest absolute Gasteiger partial charge is 0.0895 e. The van der Waals surface area contributed by atoms with Gasteiger partial charge < -0.3 is 10.1 Å². The monoisotopic (exact) mass is 245 g/mol. The van der Waals surface area contributed by atoms with E-state index < -0.39 is 0 Å². The maximum absolute atomic E-state index is 5.55. The van der Waals surface area contributed by atoms with Gasteiger partial charge in [-0.1, -0.05) is 0 Å². The van der Waals surface area contributed by atoms with Crippen molar-refractivity contribution in [3.8, 4) is 0 Å². The Balaban J connectivity index is 1.89. The lowest BCUT2D eigenvalue weighted by Gasteiger charge is -2.23. The van der Waals surface area contributed by atoms with E-state index in [1.807, 2.05) is 10.9 Å². The second-order valence-electron chi connectivity index (χ2n) is 3.08. The molecule has 2 rings (SSSR count). The first-order valence-electron chi connectivity index (χ1n) is 4.35. The van der Waals surface area contributed by atoms with Gasteiger partial charge in [-0.25, -0.2) is 0 Å². The molecule has 1 aromatic heterocycles. The predicted octanol–water partition coefficient (Wildman–Crippen LogP) is 0.634. The molecule has 0 spiro atoms. The Morgan fingerprint density at radius 3 is 3.31 bits per heavy atom. The van der Waals surface area contributed by atoms with E-state index in [1.54, 1.807) is 6.20 Å². The van der Waals surface area contributed by atoms with Crippen molar-refractivity contribution in [3.63, 3.8) is 0 Å². The molecule has 1 saturated heterocycles. The molecule has 4 nitrogen and oxygen atoms in total. The van der Waals surface area contributed by atoms with Crippen LogP contribution in [0.15, 0.2) is 16.9 Å². The van der Waals surface area contributed by atoms with Crippen molar-refractivity contribution >= 4 is 15.9 Å². The third kappa shape index (κ3) is 2.52. The normalized spacial score (nSPS) is 23.3. The Labute approximate surface area is 85.4 Å². The first-order chi connectivity index (χ1) is 6.34. The molecule has 0 bridgehead atoms. The van der Waals surface area contributed by atoms with Crippen LogP contribution in [0.1, 0.15) is 0 Å². The molecule has 1 fully saturated rings. The van der Waals surface area contributed by atoms with Crippen molar-refractivity contribution in [2.45, 2.75) is 12.6 Å². The van der Waals surface area contributed by atoms with E-state index in [4.69, 9.17) is 4.74 Å². The van der Waals surface area contributed by atoms with Crippen molar-refractivity contribution in [2.75, 3.05) is 19.7 Å². The fourth-order valence-electron chi connectivity index (χ4n) is 1.38. The molecule has 13 heavy (non-hydrogen) atoms. The molecule has 1 aliphatic rings. The van der Waals surface area contributed by atoms with Gasteiger partial charge in [-0.2, -0.15) is 5.10 Å². The van der Waals surface area contributed by atoms with Crippen LogP contribution in [0.3, 0.4) is 0 Å². The van der Waals surface area contributed by atoms with Crippen molar-refractivity contribution in [3.05, 3.63) is 16.9 Å². The van der Waals surface area contributed by atoms with Gasteiger partial charge in [0.1, 0.15) is 0 Å². The number of hydrogen-bond acceptors (Lipinski definition) is 3. The molecule has 1 unspecified atom stereocenters. The Morgan fingerprint density at radius 2 is 2.69 bits per heavy atom. The highest BCUT2D eigenvalue weighted by Crippen LogP contribution is 2.07. The Morgan fingerprint density at radius 1 is 1.77 bits per heavy atom. The first kappa shape index (κ1) is 9.18. The zero-order valence-electron chi connectivity index (χ0n) is 7.24. The summed E-state index contributed by atoms with van der Waals surface area (Å²) in [6.07, 6.45) is 3.99. The van der Waals surface area contributed by atoms with Gasteiger partial charge in [-0.05, 0) is 15.9 Å². The highest BCUT2D eigenvalue weighted by molar-refractivity contribution is 9.10. The lowest BCUT2D eigenvalue weighted by molar-refractivity contribution is 0.0161. The van der Waals surface area contributed by atoms with Gasteiger partial charge in [-0.3, -0.25) is 4.68 Å². The number of hydrogen-bond donors (Lipinski definition) is 1. The topological polar surface area (TPSA) is 39.1 Å². The summed E-state index contributed by atoms with van der Waals surface area (Å²) in [6, 6.07) is 0. The average molecular weight is 246 g/mol. The van der Waals surface area contributed by atoms with Crippen LogP contribution in [0, 0.1) is 0 Å². The van der Waals surface area contributed by atoms with Crippen LogP contribution in [0.2, 0.25) is 0 Å². The van der Waals surface area contributed by atoms with Gasteiger partial charge in [0.05, 0.1) is 29.9 Å². The summed E-state index contributed by atoms with van der Waals surface area (Å²) in [7, 11) is 0. The number of rotatable bonds is 2. The van der Waals surface area contributed by atoms with Crippen LogP contribution in [0.4, 0.5) is 0 Å². The minimum Gasteiger partial charge on any atom is -0.374 e. The maximum atomic E-state index is 5.55.